The number of nitrogens with zero attached hydrogens (tertiary/aromatic N) is 6. The fourth-order valence-corrected chi connectivity index (χ4v) is 4.18. The molecule has 162 valence electrons. The van der Waals surface area contributed by atoms with Gasteiger partial charge in [-0.3, -0.25) is 0 Å². The molecule has 1 aromatic heterocycles. The lowest BCUT2D eigenvalue weighted by Crippen LogP contribution is -2.47. The minimum Gasteiger partial charge on any atom is -0.368 e. The van der Waals surface area contributed by atoms with E-state index in [0.29, 0.717) is 0 Å². The second-order valence-electron chi connectivity index (χ2n) is 8.12. The summed E-state index contributed by atoms with van der Waals surface area (Å²) in [4.78, 5) is 21.6. The Morgan fingerprint density at radius 1 is 0.774 bits per heavy atom. The van der Waals surface area contributed by atoms with E-state index in [9.17, 15) is 0 Å². The van der Waals surface area contributed by atoms with Gasteiger partial charge in [0.1, 0.15) is 0 Å². The van der Waals surface area contributed by atoms with Gasteiger partial charge in [0.15, 0.2) is 5.82 Å². The van der Waals surface area contributed by atoms with Crippen LogP contribution in [0.2, 0.25) is 0 Å². The van der Waals surface area contributed by atoms with Crippen molar-refractivity contribution in [2.75, 3.05) is 54.0 Å². The minimum atomic E-state index is 0.754. The molecule has 0 radical (unpaired) electrons. The van der Waals surface area contributed by atoms with Gasteiger partial charge in [-0.25, -0.2) is 0 Å². The standard InChI is InChI=1S/C25H32N6/c1-5-29(6-2)24-26-23(21-17-19(3)16-20(4)18-21)27-25(28-24)31-14-12-30(13-15-31)22-10-8-7-9-11-22/h7-11,16-18H,5-6,12-15H2,1-4H3. The first-order valence-electron chi connectivity index (χ1n) is 11.2. The van der Waals surface area contributed by atoms with E-state index in [1.807, 2.05) is 0 Å². The smallest absolute Gasteiger partial charge is 0.230 e. The van der Waals surface area contributed by atoms with E-state index < -0.39 is 0 Å². The van der Waals surface area contributed by atoms with Gasteiger partial charge in [-0.1, -0.05) is 35.4 Å². The maximum atomic E-state index is 4.92. The summed E-state index contributed by atoms with van der Waals surface area (Å²) in [6, 6.07) is 17.1. The Bertz CT molecular complexity index is 988. The van der Waals surface area contributed by atoms with E-state index in [0.717, 1.165) is 62.6 Å². The SMILES string of the molecule is CCN(CC)c1nc(-c2cc(C)cc(C)c2)nc(N2CCN(c3ccccc3)CC2)n1. The summed E-state index contributed by atoms with van der Waals surface area (Å²) >= 11 is 0. The molecule has 0 bridgehead atoms. The fraction of sp³-hybridized carbons (Fsp3) is 0.400. The lowest BCUT2D eigenvalue weighted by Gasteiger charge is -2.36. The number of hydrogen-bond acceptors (Lipinski definition) is 6. The number of para-hydroxylation sites is 1. The number of hydrogen-bond donors (Lipinski definition) is 0. The van der Waals surface area contributed by atoms with Gasteiger partial charge >= 0.3 is 0 Å². The van der Waals surface area contributed by atoms with Crippen LogP contribution in [-0.2, 0) is 0 Å². The van der Waals surface area contributed by atoms with E-state index in [1.165, 1.54) is 16.8 Å². The molecule has 3 aromatic rings. The average Bonchev–Trinajstić information content (AvgIpc) is 2.80. The van der Waals surface area contributed by atoms with Crippen LogP contribution in [0.25, 0.3) is 11.4 Å². The van der Waals surface area contributed by atoms with Crippen LogP contribution in [-0.4, -0.2) is 54.2 Å². The molecule has 1 fully saturated rings. The summed E-state index contributed by atoms with van der Waals surface area (Å²) in [6.07, 6.45) is 0. The molecule has 2 aromatic carbocycles. The molecular formula is C25H32N6. The summed E-state index contributed by atoms with van der Waals surface area (Å²) in [5.41, 5.74) is 4.77. The Morgan fingerprint density at radius 3 is 2.00 bits per heavy atom. The molecule has 4 rings (SSSR count). The molecule has 1 saturated heterocycles. The fourth-order valence-electron chi connectivity index (χ4n) is 4.18. The van der Waals surface area contributed by atoms with Crippen molar-refractivity contribution in [3.63, 3.8) is 0 Å². The molecule has 0 N–H and O–H groups in total. The summed E-state index contributed by atoms with van der Waals surface area (Å²) < 4.78 is 0. The number of anilines is 3. The lowest BCUT2D eigenvalue weighted by molar-refractivity contribution is 0.637. The molecule has 0 amide bonds. The van der Waals surface area contributed by atoms with Crippen LogP contribution < -0.4 is 14.7 Å². The molecule has 0 saturated carbocycles. The van der Waals surface area contributed by atoms with Gasteiger partial charge in [-0.05, 0) is 52.0 Å². The Hall–Kier alpha value is -3.15. The van der Waals surface area contributed by atoms with Crippen molar-refractivity contribution >= 4 is 17.6 Å². The summed E-state index contributed by atoms with van der Waals surface area (Å²) in [6.45, 7) is 13.9. The topological polar surface area (TPSA) is 48.4 Å². The number of rotatable bonds is 6. The third kappa shape index (κ3) is 4.79. The summed E-state index contributed by atoms with van der Waals surface area (Å²) in [5, 5.41) is 0. The number of aromatic nitrogens is 3. The normalized spacial score (nSPS) is 14.1. The van der Waals surface area contributed by atoms with E-state index >= 15 is 0 Å². The van der Waals surface area contributed by atoms with E-state index in [2.05, 4.69) is 90.9 Å². The van der Waals surface area contributed by atoms with Crippen LogP contribution in [0, 0.1) is 13.8 Å². The number of aryl methyl sites for hydroxylation is 2. The highest BCUT2D eigenvalue weighted by Gasteiger charge is 2.22. The maximum absolute atomic E-state index is 4.92. The minimum absolute atomic E-state index is 0.754. The van der Waals surface area contributed by atoms with Crippen molar-refractivity contribution in [3.05, 3.63) is 59.7 Å². The second kappa shape index (κ2) is 9.33. The van der Waals surface area contributed by atoms with Gasteiger partial charge in [0.05, 0.1) is 0 Å². The van der Waals surface area contributed by atoms with Gasteiger partial charge < -0.3 is 14.7 Å². The van der Waals surface area contributed by atoms with Crippen molar-refractivity contribution in [1.82, 2.24) is 15.0 Å². The highest BCUT2D eigenvalue weighted by Crippen LogP contribution is 2.25. The number of piperazine rings is 1. The van der Waals surface area contributed by atoms with E-state index in [1.54, 1.807) is 0 Å². The highest BCUT2D eigenvalue weighted by atomic mass is 15.4. The van der Waals surface area contributed by atoms with Crippen LogP contribution in [0.4, 0.5) is 17.6 Å². The third-order valence-corrected chi connectivity index (χ3v) is 5.82. The quantitative estimate of drug-likeness (QED) is 0.596. The molecule has 0 atom stereocenters. The summed E-state index contributed by atoms with van der Waals surface area (Å²) in [7, 11) is 0. The molecule has 6 nitrogen and oxygen atoms in total. The number of benzene rings is 2. The third-order valence-electron chi connectivity index (χ3n) is 5.82. The Kier molecular flexibility index (Phi) is 6.35. The first-order chi connectivity index (χ1) is 15.1. The zero-order valence-corrected chi connectivity index (χ0v) is 19.0. The van der Waals surface area contributed by atoms with Crippen molar-refractivity contribution < 1.29 is 0 Å². The first-order valence-corrected chi connectivity index (χ1v) is 11.2. The predicted molar refractivity (Wildman–Crippen MR) is 129 cm³/mol. The highest BCUT2D eigenvalue weighted by molar-refractivity contribution is 5.61. The molecule has 31 heavy (non-hydrogen) atoms. The van der Waals surface area contributed by atoms with Crippen LogP contribution in [0.5, 0.6) is 0 Å². The van der Waals surface area contributed by atoms with Crippen molar-refractivity contribution in [3.8, 4) is 11.4 Å². The van der Waals surface area contributed by atoms with Crippen LogP contribution in [0.1, 0.15) is 25.0 Å². The average molecular weight is 417 g/mol. The molecule has 2 heterocycles. The largest absolute Gasteiger partial charge is 0.368 e. The Morgan fingerprint density at radius 2 is 1.39 bits per heavy atom. The zero-order chi connectivity index (χ0) is 21.8. The van der Waals surface area contributed by atoms with Gasteiger partial charge in [-0.2, -0.15) is 15.0 Å². The predicted octanol–water partition coefficient (Wildman–Crippen LogP) is 4.33. The maximum Gasteiger partial charge on any atom is 0.230 e. The Balaban J connectivity index is 1.64. The Labute approximate surface area is 185 Å². The van der Waals surface area contributed by atoms with Gasteiger partial charge in [0.25, 0.3) is 0 Å². The van der Waals surface area contributed by atoms with Crippen LogP contribution in [0.3, 0.4) is 0 Å². The molecule has 1 aliphatic heterocycles. The van der Waals surface area contributed by atoms with Gasteiger partial charge in [0.2, 0.25) is 11.9 Å². The van der Waals surface area contributed by atoms with E-state index in [4.69, 9.17) is 15.0 Å². The van der Waals surface area contributed by atoms with Gasteiger partial charge in [0, 0.05) is 50.5 Å². The first kappa shape index (κ1) is 21.1. The zero-order valence-electron chi connectivity index (χ0n) is 19.0. The van der Waals surface area contributed by atoms with Crippen molar-refractivity contribution in [2.45, 2.75) is 27.7 Å². The van der Waals surface area contributed by atoms with Gasteiger partial charge in [-0.15, -0.1) is 0 Å². The van der Waals surface area contributed by atoms with Crippen LogP contribution >= 0.6 is 0 Å². The van der Waals surface area contributed by atoms with Crippen molar-refractivity contribution in [1.29, 1.82) is 0 Å². The summed E-state index contributed by atoms with van der Waals surface area (Å²) in [5.74, 6) is 2.29. The van der Waals surface area contributed by atoms with Crippen molar-refractivity contribution in [2.24, 2.45) is 0 Å². The van der Waals surface area contributed by atoms with Crippen LogP contribution in [0.15, 0.2) is 48.5 Å². The molecule has 6 heteroatoms. The van der Waals surface area contributed by atoms with E-state index in [-0.39, 0.29) is 0 Å². The lowest BCUT2D eigenvalue weighted by atomic mass is 10.1. The second-order valence-corrected chi connectivity index (χ2v) is 8.12. The molecule has 0 unspecified atom stereocenters. The molecule has 0 spiro atoms. The monoisotopic (exact) mass is 416 g/mol. The molecule has 0 aliphatic carbocycles. The molecular weight excluding hydrogens is 384 g/mol. The molecule has 1 aliphatic rings.